The molecular weight excluding hydrogens is 300 g/mol. The van der Waals surface area contributed by atoms with Crippen LogP contribution in [0.3, 0.4) is 0 Å². The molecule has 0 aliphatic heterocycles. The number of unbranched alkanes of at least 4 members (excludes halogenated alkanes) is 13. The molecule has 0 aromatic carbocycles. The van der Waals surface area contributed by atoms with Crippen molar-refractivity contribution in [1.82, 2.24) is 0 Å². The summed E-state index contributed by atoms with van der Waals surface area (Å²) in [7, 11) is 0. The molecule has 0 aromatic heterocycles. The van der Waals surface area contributed by atoms with Crippen LogP contribution >= 0.6 is 0 Å². The smallest absolute Gasteiger partial charge is 0.303 e. The monoisotopic (exact) mass is 340 g/mol. The Morgan fingerprint density at radius 3 is 1.25 bits per heavy atom. The zero-order chi connectivity index (χ0) is 17.9. The normalized spacial score (nSPS) is 10.9. The summed E-state index contributed by atoms with van der Waals surface area (Å²) in [6.45, 7) is 2.25. The maximum atomic E-state index is 11.8. The second kappa shape index (κ2) is 18.5. The number of aliphatic carboxylic acids is 1. The van der Waals surface area contributed by atoms with E-state index in [1.54, 1.807) is 0 Å². The van der Waals surface area contributed by atoms with Crippen molar-refractivity contribution < 1.29 is 14.7 Å². The lowest BCUT2D eigenvalue weighted by molar-refractivity contribution is -0.137. The predicted octanol–water partition coefficient (Wildman–Crippen LogP) is 6.68. The van der Waals surface area contributed by atoms with Gasteiger partial charge in [-0.05, 0) is 19.3 Å². The molecule has 3 nitrogen and oxygen atoms in total. The maximum Gasteiger partial charge on any atom is 0.303 e. The molecule has 142 valence electrons. The van der Waals surface area contributed by atoms with Gasteiger partial charge < -0.3 is 5.11 Å². The first-order valence-corrected chi connectivity index (χ1v) is 10.4. The first-order valence-electron chi connectivity index (χ1n) is 10.4. The Balaban J connectivity index is 3.17. The van der Waals surface area contributed by atoms with E-state index in [1.165, 1.54) is 51.4 Å². The molecule has 0 saturated carbocycles. The van der Waals surface area contributed by atoms with Crippen LogP contribution in [0.15, 0.2) is 0 Å². The summed E-state index contributed by atoms with van der Waals surface area (Å²) in [6, 6.07) is 0. The number of carboxylic acids is 1. The van der Waals surface area contributed by atoms with Gasteiger partial charge in [0, 0.05) is 19.3 Å². The van der Waals surface area contributed by atoms with E-state index in [9.17, 15) is 9.59 Å². The van der Waals surface area contributed by atoms with Crippen molar-refractivity contribution >= 4 is 11.8 Å². The fourth-order valence-corrected chi connectivity index (χ4v) is 3.06. The molecule has 24 heavy (non-hydrogen) atoms. The molecule has 3 heteroatoms. The molecular formula is C21H40O3. The first kappa shape index (κ1) is 23.1. The van der Waals surface area contributed by atoms with Crippen LogP contribution in [-0.2, 0) is 9.59 Å². The average molecular weight is 341 g/mol. The van der Waals surface area contributed by atoms with Gasteiger partial charge in [-0.2, -0.15) is 0 Å². The number of hydrogen-bond acceptors (Lipinski definition) is 2. The number of Topliss-reactive ketones (excluding diaryl/α,β-unsaturated/α-hetero) is 1. The first-order chi connectivity index (χ1) is 11.7. The van der Waals surface area contributed by atoms with Crippen molar-refractivity contribution in [1.29, 1.82) is 0 Å². The molecule has 0 amide bonds. The van der Waals surface area contributed by atoms with Gasteiger partial charge in [-0.15, -0.1) is 0 Å². The third-order valence-electron chi connectivity index (χ3n) is 4.66. The summed E-state index contributed by atoms with van der Waals surface area (Å²) in [5.41, 5.74) is 0. The fourth-order valence-electron chi connectivity index (χ4n) is 3.06. The summed E-state index contributed by atoms with van der Waals surface area (Å²) < 4.78 is 0. The van der Waals surface area contributed by atoms with Gasteiger partial charge in [-0.3, -0.25) is 9.59 Å². The Morgan fingerprint density at radius 2 is 0.875 bits per heavy atom. The minimum absolute atomic E-state index is 0.289. The Labute approximate surface area is 149 Å². The van der Waals surface area contributed by atoms with Gasteiger partial charge in [0.2, 0.25) is 0 Å². The van der Waals surface area contributed by atoms with Crippen LogP contribution in [0.25, 0.3) is 0 Å². The van der Waals surface area contributed by atoms with Crippen LogP contribution in [0.5, 0.6) is 0 Å². The van der Waals surface area contributed by atoms with Gasteiger partial charge in [-0.25, -0.2) is 0 Å². The topological polar surface area (TPSA) is 54.4 Å². The van der Waals surface area contributed by atoms with Crippen molar-refractivity contribution in [2.24, 2.45) is 0 Å². The zero-order valence-electron chi connectivity index (χ0n) is 16.0. The molecule has 0 atom stereocenters. The van der Waals surface area contributed by atoms with Crippen LogP contribution in [-0.4, -0.2) is 16.9 Å². The van der Waals surface area contributed by atoms with Crippen molar-refractivity contribution in [3.63, 3.8) is 0 Å². The molecule has 0 aromatic rings. The van der Waals surface area contributed by atoms with E-state index >= 15 is 0 Å². The summed E-state index contributed by atoms with van der Waals surface area (Å²) in [5, 5.41) is 8.54. The van der Waals surface area contributed by atoms with Crippen LogP contribution in [0, 0.1) is 0 Å². The summed E-state index contributed by atoms with van der Waals surface area (Å²) in [6.07, 6.45) is 19.6. The zero-order valence-corrected chi connectivity index (χ0v) is 16.0. The molecule has 0 aliphatic carbocycles. The number of rotatable bonds is 19. The minimum Gasteiger partial charge on any atom is -0.481 e. The molecule has 0 unspecified atom stereocenters. The highest BCUT2D eigenvalue weighted by atomic mass is 16.4. The highest BCUT2D eigenvalue weighted by molar-refractivity contribution is 5.78. The van der Waals surface area contributed by atoms with E-state index < -0.39 is 5.97 Å². The fraction of sp³-hybridized carbons (Fsp3) is 0.905. The number of carbonyl (C=O) groups is 2. The molecule has 0 fully saturated rings. The van der Waals surface area contributed by atoms with Gasteiger partial charge >= 0.3 is 5.97 Å². The number of carboxylic acid groups (broad SMARTS) is 1. The second-order valence-corrected chi connectivity index (χ2v) is 7.13. The highest BCUT2D eigenvalue weighted by Gasteiger charge is 2.02. The van der Waals surface area contributed by atoms with E-state index in [0.717, 1.165) is 57.8 Å². The van der Waals surface area contributed by atoms with E-state index in [1.807, 2.05) is 0 Å². The molecule has 0 aliphatic rings. The Kier molecular flexibility index (Phi) is 17.8. The van der Waals surface area contributed by atoms with Crippen LogP contribution in [0.4, 0.5) is 0 Å². The number of hydrogen-bond donors (Lipinski definition) is 1. The van der Waals surface area contributed by atoms with Gasteiger partial charge in [0.1, 0.15) is 5.78 Å². The Bertz CT molecular complexity index is 299. The van der Waals surface area contributed by atoms with Crippen LogP contribution < -0.4 is 0 Å². The van der Waals surface area contributed by atoms with Gasteiger partial charge in [0.25, 0.3) is 0 Å². The molecule has 0 saturated heterocycles. The third kappa shape index (κ3) is 19.2. The SMILES string of the molecule is CCCCCCCCCCCC(=O)CCCCCCCCC(=O)O. The highest BCUT2D eigenvalue weighted by Crippen LogP contribution is 2.13. The lowest BCUT2D eigenvalue weighted by Crippen LogP contribution is -1.97. The van der Waals surface area contributed by atoms with Gasteiger partial charge in [0.15, 0.2) is 0 Å². The average Bonchev–Trinajstić information content (AvgIpc) is 2.55. The number of carbonyl (C=O) groups excluding carboxylic acids is 1. The largest absolute Gasteiger partial charge is 0.481 e. The molecule has 0 spiro atoms. The van der Waals surface area contributed by atoms with Gasteiger partial charge in [0.05, 0.1) is 0 Å². The lowest BCUT2D eigenvalue weighted by atomic mass is 10.0. The van der Waals surface area contributed by atoms with Crippen molar-refractivity contribution in [2.75, 3.05) is 0 Å². The van der Waals surface area contributed by atoms with Crippen molar-refractivity contribution in [3.05, 3.63) is 0 Å². The summed E-state index contributed by atoms with van der Waals surface area (Å²) in [5.74, 6) is -0.263. The Hall–Kier alpha value is -0.860. The third-order valence-corrected chi connectivity index (χ3v) is 4.66. The van der Waals surface area contributed by atoms with Crippen molar-refractivity contribution in [2.45, 2.75) is 122 Å². The quantitative estimate of drug-likeness (QED) is 0.267. The second-order valence-electron chi connectivity index (χ2n) is 7.13. The number of ketones is 1. The molecule has 1 N–H and O–H groups in total. The summed E-state index contributed by atoms with van der Waals surface area (Å²) >= 11 is 0. The van der Waals surface area contributed by atoms with E-state index in [-0.39, 0.29) is 6.42 Å². The summed E-state index contributed by atoms with van der Waals surface area (Å²) in [4.78, 5) is 22.2. The van der Waals surface area contributed by atoms with E-state index in [2.05, 4.69) is 6.92 Å². The molecule has 0 heterocycles. The van der Waals surface area contributed by atoms with E-state index in [0.29, 0.717) is 5.78 Å². The molecule has 0 radical (unpaired) electrons. The molecule has 0 bridgehead atoms. The predicted molar refractivity (Wildman–Crippen MR) is 101 cm³/mol. The maximum absolute atomic E-state index is 11.8. The standard InChI is InChI=1S/C21H40O3/c1-2-3-4-5-6-7-8-11-14-17-20(22)18-15-12-9-10-13-16-19-21(23)24/h2-19H2,1H3,(H,23,24). The van der Waals surface area contributed by atoms with Gasteiger partial charge in [-0.1, -0.05) is 84.0 Å². The van der Waals surface area contributed by atoms with E-state index in [4.69, 9.17) is 5.11 Å². The molecule has 0 rings (SSSR count). The van der Waals surface area contributed by atoms with Crippen molar-refractivity contribution in [3.8, 4) is 0 Å². The minimum atomic E-state index is -0.697. The lowest BCUT2D eigenvalue weighted by Gasteiger charge is -2.03. The Morgan fingerprint density at radius 1 is 0.542 bits per heavy atom. The van der Waals surface area contributed by atoms with Crippen LogP contribution in [0.2, 0.25) is 0 Å². The van der Waals surface area contributed by atoms with Crippen LogP contribution in [0.1, 0.15) is 122 Å².